The molecule has 6 rings (SSSR count). The Labute approximate surface area is 171 Å². The van der Waals surface area contributed by atoms with Gasteiger partial charge in [0.05, 0.1) is 29.0 Å². The molecule has 0 radical (unpaired) electrons. The van der Waals surface area contributed by atoms with Gasteiger partial charge in [-0.05, 0) is 37.1 Å². The Morgan fingerprint density at radius 3 is 3.00 bits per heavy atom. The standard InChI is InChI=1S/C21H17N7O2/c29-21(17-8-14(6-7-22-17)27-9-18(23-10-27)13-4-5-13)25-16-3-1-2-15-19(16)30-12-28-11-24-26-20(15)28/h1-3,6-11,13H,4-5,12H2,(H,25,29). The van der Waals surface area contributed by atoms with Gasteiger partial charge in [-0.15, -0.1) is 10.2 Å². The summed E-state index contributed by atoms with van der Waals surface area (Å²) in [7, 11) is 0. The lowest BCUT2D eigenvalue weighted by molar-refractivity contribution is 0.102. The van der Waals surface area contributed by atoms with E-state index in [0.29, 0.717) is 35.6 Å². The number of para-hydroxylation sites is 1. The number of carbonyl (C=O) groups is 1. The van der Waals surface area contributed by atoms with E-state index in [2.05, 4.69) is 25.5 Å². The van der Waals surface area contributed by atoms with Gasteiger partial charge >= 0.3 is 0 Å². The van der Waals surface area contributed by atoms with E-state index < -0.39 is 0 Å². The van der Waals surface area contributed by atoms with Crippen LogP contribution in [0.1, 0.15) is 34.9 Å². The van der Waals surface area contributed by atoms with E-state index in [1.807, 2.05) is 29.0 Å². The van der Waals surface area contributed by atoms with Gasteiger partial charge in [-0.3, -0.25) is 14.3 Å². The highest BCUT2D eigenvalue weighted by Gasteiger charge is 2.26. The summed E-state index contributed by atoms with van der Waals surface area (Å²) in [6.07, 6.45) is 9.43. The van der Waals surface area contributed by atoms with Gasteiger partial charge in [0.1, 0.15) is 12.0 Å². The minimum absolute atomic E-state index is 0.292. The number of hydrogen-bond donors (Lipinski definition) is 1. The van der Waals surface area contributed by atoms with E-state index >= 15 is 0 Å². The first-order chi connectivity index (χ1) is 14.8. The molecule has 1 amide bonds. The maximum Gasteiger partial charge on any atom is 0.274 e. The Morgan fingerprint density at radius 1 is 1.17 bits per heavy atom. The molecule has 1 saturated carbocycles. The fourth-order valence-electron chi connectivity index (χ4n) is 3.62. The maximum absolute atomic E-state index is 12.9. The van der Waals surface area contributed by atoms with Crippen LogP contribution in [-0.2, 0) is 6.73 Å². The Kier molecular flexibility index (Phi) is 3.67. The summed E-state index contributed by atoms with van der Waals surface area (Å²) in [5.74, 6) is 1.54. The van der Waals surface area contributed by atoms with Gasteiger partial charge in [-0.2, -0.15) is 0 Å². The van der Waals surface area contributed by atoms with E-state index in [1.54, 1.807) is 35.6 Å². The smallest absolute Gasteiger partial charge is 0.274 e. The predicted molar refractivity (Wildman–Crippen MR) is 107 cm³/mol. The molecule has 0 unspecified atom stereocenters. The second-order valence-electron chi connectivity index (χ2n) is 7.41. The molecular weight excluding hydrogens is 382 g/mol. The topological polar surface area (TPSA) is 99.8 Å². The minimum atomic E-state index is -0.316. The molecule has 0 spiro atoms. The molecule has 30 heavy (non-hydrogen) atoms. The maximum atomic E-state index is 12.9. The summed E-state index contributed by atoms with van der Waals surface area (Å²) >= 11 is 0. The van der Waals surface area contributed by atoms with Crippen molar-refractivity contribution in [2.24, 2.45) is 0 Å². The summed E-state index contributed by atoms with van der Waals surface area (Å²) in [6, 6.07) is 9.14. The van der Waals surface area contributed by atoms with E-state index in [9.17, 15) is 4.79 Å². The molecule has 148 valence electrons. The van der Waals surface area contributed by atoms with Crippen molar-refractivity contribution in [1.82, 2.24) is 29.3 Å². The van der Waals surface area contributed by atoms with Gasteiger partial charge in [0, 0.05) is 18.3 Å². The van der Waals surface area contributed by atoms with E-state index in [1.165, 1.54) is 12.8 Å². The molecular formula is C21H17N7O2. The molecule has 0 bridgehead atoms. The molecule has 3 aromatic heterocycles. The van der Waals surface area contributed by atoms with Crippen LogP contribution < -0.4 is 10.1 Å². The lowest BCUT2D eigenvalue weighted by Gasteiger charge is -2.21. The summed E-state index contributed by atoms with van der Waals surface area (Å²) in [5.41, 5.74) is 3.60. The Hall–Kier alpha value is -4.01. The van der Waals surface area contributed by atoms with Crippen molar-refractivity contribution in [3.05, 3.63) is 66.8 Å². The van der Waals surface area contributed by atoms with Crippen LogP contribution in [0.25, 0.3) is 17.1 Å². The number of rotatable bonds is 4. The molecule has 1 aromatic carbocycles. The number of pyridine rings is 1. The normalized spacial score (nSPS) is 14.5. The van der Waals surface area contributed by atoms with Crippen molar-refractivity contribution in [1.29, 1.82) is 0 Å². The minimum Gasteiger partial charge on any atom is -0.470 e. The van der Waals surface area contributed by atoms with Crippen LogP contribution in [0.15, 0.2) is 55.4 Å². The molecule has 0 saturated heterocycles. The number of nitrogens with zero attached hydrogens (tertiary/aromatic N) is 6. The average molecular weight is 399 g/mol. The number of hydrogen-bond acceptors (Lipinski definition) is 6. The van der Waals surface area contributed by atoms with Crippen molar-refractivity contribution in [3.8, 4) is 22.8 Å². The first-order valence-electron chi connectivity index (χ1n) is 9.72. The van der Waals surface area contributed by atoms with Gasteiger partial charge in [0.2, 0.25) is 0 Å². The molecule has 4 aromatic rings. The largest absolute Gasteiger partial charge is 0.470 e. The van der Waals surface area contributed by atoms with Gasteiger partial charge in [-0.25, -0.2) is 4.98 Å². The van der Waals surface area contributed by atoms with E-state index in [4.69, 9.17) is 4.74 Å². The van der Waals surface area contributed by atoms with Crippen LogP contribution >= 0.6 is 0 Å². The van der Waals surface area contributed by atoms with Crippen molar-refractivity contribution < 1.29 is 9.53 Å². The van der Waals surface area contributed by atoms with Gasteiger partial charge < -0.3 is 14.6 Å². The number of aromatic nitrogens is 6. The molecule has 1 fully saturated rings. The third-order valence-electron chi connectivity index (χ3n) is 5.34. The number of benzene rings is 1. The van der Waals surface area contributed by atoms with E-state index in [0.717, 1.165) is 16.9 Å². The number of amides is 1. The zero-order valence-corrected chi connectivity index (χ0v) is 15.9. The van der Waals surface area contributed by atoms with Gasteiger partial charge in [0.15, 0.2) is 18.3 Å². The summed E-state index contributed by atoms with van der Waals surface area (Å²) in [6.45, 7) is 0.292. The molecule has 4 heterocycles. The number of fused-ring (bicyclic) bond motifs is 3. The molecule has 1 aliphatic heterocycles. The number of ether oxygens (including phenoxy) is 1. The quantitative estimate of drug-likeness (QED) is 0.566. The van der Waals surface area contributed by atoms with E-state index in [-0.39, 0.29) is 5.91 Å². The molecule has 1 aliphatic carbocycles. The number of imidazole rings is 1. The highest BCUT2D eigenvalue weighted by molar-refractivity contribution is 6.04. The number of carbonyl (C=O) groups excluding carboxylic acids is 1. The number of nitrogens with one attached hydrogen (secondary N) is 1. The second kappa shape index (κ2) is 6.51. The zero-order valence-electron chi connectivity index (χ0n) is 15.9. The molecule has 1 N–H and O–H groups in total. The van der Waals surface area contributed by atoms with Crippen molar-refractivity contribution >= 4 is 11.6 Å². The SMILES string of the molecule is O=C(Nc1cccc2c1OCn1cnnc1-2)c1cc(-n2cnc(C3CC3)c2)ccn1. The van der Waals surface area contributed by atoms with Crippen LogP contribution in [0.4, 0.5) is 5.69 Å². The third-order valence-corrected chi connectivity index (χ3v) is 5.34. The second-order valence-corrected chi connectivity index (χ2v) is 7.41. The predicted octanol–water partition coefficient (Wildman–Crippen LogP) is 3.01. The number of anilines is 1. The summed E-state index contributed by atoms with van der Waals surface area (Å²) < 4.78 is 9.56. The lowest BCUT2D eigenvalue weighted by atomic mass is 10.1. The van der Waals surface area contributed by atoms with Crippen molar-refractivity contribution in [2.45, 2.75) is 25.5 Å². The van der Waals surface area contributed by atoms with Crippen molar-refractivity contribution in [3.63, 3.8) is 0 Å². The molecule has 0 atom stereocenters. The van der Waals surface area contributed by atoms with Crippen LogP contribution in [0.3, 0.4) is 0 Å². The van der Waals surface area contributed by atoms with Gasteiger partial charge in [0.25, 0.3) is 5.91 Å². The fraction of sp³-hybridized carbons (Fsp3) is 0.190. The Balaban J connectivity index is 1.28. The highest BCUT2D eigenvalue weighted by atomic mass is 16.5. The molecule has 9 nitrogen and oxygen atoms in total. The van der Waals surface area contributed by atoms with Crippen LogP contribution in [0, 0.1) is 0 Å². The lowest BCUT2D eigenvalue weighted by Crippen LogP contribution is -2.18. The monoisotopic (exact) mass is 399 g/mol. The first-order valence-corrected chi connectivity index (χ1v) is 9.72. The van der Waals surface area contributed by atoms with Gasteiger partial charge in [-0.1, -0.05) is 6.07 Å². The average Bonchev–Trinajstić information content (AvgIpc) is 3.31. The Bertz CT molecular complexity index is 1270. The summed E-state index contributed by atoms with van der Waals surface area (Å²) in [4.78, 5) is 21.6. The third kappa shape index (κ3) is 2.83. The molecule has 9 heteroatoms. The van der Waals surface area contributed by atoms with Crippen LogP contribution in [0.2, 0.25) is 0 Å². The highest BCUT2D eigenvalue weighted by Crippen LogP contribution is 2.40. The first kappa shape index (κ1) is 16.9. The molecule has 2 aliphatic rings. The Morgan fingerprint density at radius 2 is 2.10 bits per heavy atom. The summed E-state index contributed by atoms with van der Waals surface area (Å²) in [5, 5.41) is 11.0. The van der Waals surface area contributed by atoms with Crippen molar-refractivity contribution in [2.75, 3.05) is 5.32 Å². The fourth-order valence-corrected chi connectivity index (χ4v) is 3.62. The van der Waals surface area contributed by atoms with Crippen LogP contribution in [0.5, 0.6) is 5.75 Å². The zero-order chi connectivity index (χ0) is 20.1. The van der Waals surface area contributed by atoms with Crippen LogP contribution in [-0.4, -0.2) is 35.2 Å².